The largest absolute Gasteiger partial charge is 0.618 e. The first-order valence-electron chi connectivity index (χ1n) is 10.8. The third kappa shape index (κ3) is 4.00. The molecule has 1 heterocycles. The summed E-state index contributed by atoms with van der Waals surface area (Å²) in [5.41, 5.74) is 4.60. The van der Waals surface area contributed by atoms with Crippen LogP contribution in [0.15, 0.2) is 121 Å². The summed E-state index contributed by atoms with van der Waals surface area (Å²) < 4.78 is 0.852. The van der Waals surface area contributed by atoms with Gasteiger partial charge in [0.2, 0.25) is 0 Å². The van der Waals surface area contributed by atoms with Crippen molar-refractivity contribution in [3.8, 4) is 33.8 Å². The molecule has 160 valence electrons. The van der Waals surface area contributed by atoms with E-state index in [2.05, 4.69) is 0 Å². The second-order valence-corrected chi connectivity index (χ2v) is 7.75. The van der Waals surface area contributed by atoms with Crippen LogP contribution in [0.1, 0.15) is 17.4 Å². The van der Waals surface area contributed by atoms with E-state index in [9.17, 15) is 10.3 Å². The summed E-state index contributed by atoms with van der Waals surface area (Å²) in [7, 11) is 0. The highest BCUT2D eigenvalue weighted by atomic mass is 16.5. The summed E-state index contributed by atoms with van der Waals surface area (Å²) in [6, 6.07) is 37.9. The molecule has 0 fully saturated rings. The average molecular weight is 431 g/mol. The molecule has 4 nitrogen and oxygen atoms in total. The van der Waals surface area contributed by atoms with E-state index in [1.165, 1.54) is 0 Å². The molecule has 0 aliphatic heterocycles. The van der Waals surface area contributed by atoms with Crippen LogP contribution in [-0.2, 0) is 0 Å². The standard InChI is InChI=1S/C29H22N2O2/c32-29(24-19-11-4-12-20-24)28-26(22-15-7-2-8-16-22)30-25(21-13-5-1-6-14-21)27(31(28)33)23-17-9-3-10-18-23/h1-20,29,32H. The van der Waals surface area contributed by atoms with Gasteiger partial charge in [-0.1, -0.05) is 109 Å². The van der Waals surface area contributed by atoms with E-state index in [4.69, 9.17) is 4.98 Å². The van der Waals surface area contributed by atoms with E-state index < -0.39 is 6.10 Å². The van der Waals surface area contributed by atoms with Gasteiger partial charge in [-0.25, -0.2) is 4.98 Å². The van der Waals surface area contributed by atoms with Gasteiger partial charge in [-0.15, -0.1) is 0 Å². The maximum absolute atomic E-state index is 14.1. The van der Waals surface area contributed by atoms with Crippen LogP contribution in [0.2, 0.25) is 0 Å². The van der Waals surface area contributed by atoms with E-state index >= 15 is 0 Å². The Labute approximate surface area is 192 Å². The lowest BCUT2D eigenvalue weighted by molar-refractivity contribution is -0.605. The van der Waals surface area contributed by atoms with Crippen LogP contribution < -0.4 is 4.73 Å². The minimum atomic E-state index is -1.14. The van der Waals surface area contributed by atoms with Crippen LogP contribution >= 0.6 is 0 Å². The van der Waals surface area contributed by atoms with E-state index in [0.717, 1.165) is 21.4 Å². The van der Waals surface area contributed by atoms with Gasteiger partial charge in [-0.3, -0.25) is 0 Å². The van der Waals surface area contributed by atoms with E-state index in [-0.39, 0.29) is 5.69 Å². The lowest BCUT2D eigenvalue weighted by atomic mass is 9.97. The Balaban J connectivity index is 1.86. The molecule has 1 unspecified atom stereocenters. The highest BCUT2D eigenvalue weighted by molar-refractivity contribution is 5.78. The van der Waals surface area contributed by atoms with Crippen LogP contribution in [0.4, 0.5) is 0 Å². The topological polar surface area (TPSA) is 60.1 Å². The second kappa shape index (κ2) is 9.07. The molecular formula is C29H22N2O2. The summed E-state index contributed by atoms with van der Waals surface area (Å²) in [6.45, 7) is 0. The van der Waals surface area contributed by atoms with Gasteiger partial charge in [0.1, 0.15) is 11.4 Å². The molecule has 4 heteroatoms. The van der Waals surface area contributed by atoms with E-state index in [1.54, 1.807) is 0 Å². The van der Waals surface area contributed by atoms with Gasteiger partial charge in [0.05, 0.1) is 0 Å². The Bertz CT molecular complexity index is 1360. The summed E-state index contributed by atoms with van der Waals surface area (Å²) in [6.07, 6.45) is -1.14. The van der Waals surface area contributed by atoms with Gasteiger partial charge in [0.15, 0.2) is 6.10 Å². The number of rotatable bonds is 5. The van der Waals surface area contributed by atoms with Gasteiger partial charge in [-0.05, 0) is 17.7 Å². The van der Waals surface area contributed by atoms with Crippen LogP contribution in [-0.4, -0.2) is 10.1 Å². The van der Waals surface area contributed by atoms with Crippen molar-refractivity contribution in [2.75, 3.05) is 0 Å². The molecule has 5 rings (SSSR count). The van der Waals surface area contributed by atoms with Crippen molar-refractivity contribution in [1.29, 1.82) is 0 Å². The molecule has 0 saturated heterocycles. The maximum atomic E-state index is 14.1. The normalized spacial score (nSPS) is 11.8. The van der Waals surface area contributed by atoms with Crippen molar-refractivity contribution < 1.29 is 9.84 Å². The maximum Gasteiger partial charge on any atom is 0.253 e. The second-order valence-electron chi connectivity index (χ2n) is 7.75. The minimum Gasteiger partial charge on any atom is -0.618 e. The van der Waals surface area contributed by atoms with Crippen molar-refractivity contribution in [1.82, 2.24) is 4.98 Å². The van der Waals surface area contributed by atoms with Gasteiger partial charge >= 0.3 is 0 Å². The van der Waals surface area contributed by atoms with Gasteiger partial charge in [0, 0.05) is 16.7 Å². The zero-order valence-corrected chi connectivity index (χ0v) is 17.9. The summed E-state index contributed by atoms with van der Waals surface area (Å²) in [4.78, 5) is 5.02. The molecule has 33 heavy (non-hydrogen) atoms. The van der Waals surface area contributed by atoms with Crippen LogP contribution in [0.25, 0.3) is 33.8 Å². The fraction of sp³-hybridized carbons (Fsp3) is 0.0345. The molecule has 5 aromatic rings. The number of aliphatic hydroxyl groups is 1. The summed E-state index contributed by atoms with van der Waals surface area (Å²) >= 11 is 0. The Morgan fingerprint density at radius 2 is 1.00 bits per heavy atom. The number of benzene rings is 4. The molecule has 0 radical (unpaired) electrons. The molecule has 4 aromatic carbocycles. The van der Waals surface area contributed by atoms with Crippen molar-refractivity contribution in [2.24, 2.45) is 0 Å². The van der Waals surface area contributed by atoms with Crippen LogP contribution in [0.3, 0.4) is 0 Å². The zero-order chi connectivity index (χ0) is 22.6. The fourth-order valence-electron chi connectivity index (χ4n) is 4.02. The molecule has 1 N–H and O–H groups in total. The smallest absolute Gasteiger partial charge is 0.253 e. The Hall–Kier alpha value is -4.28. The fourth-order valence-corrected chi connectivity index (χ4v) is 4.02. The van der Waals surface area contributed by atoms with Gasteiger partial charge in [0.25, 0.3) is 11.4 Å². The molecule has 0 spiro atoms. The quantitative estimate of drug-likeness (QED) is 0.283. The molecular weight excluding hydrogens is 408 g/mol. The number of hydrogen-bond donors (Lipinski definition) is 1. The molecule has 0 aliphatic rings. The Morgan fingerprint density at radius 1 is 0.576 bits per heavy atom. The number of aliphatic hydroxyl groups excluding tert-OH is 1. The number of nitrogens with zero attached hydrogens (tertiary/aromatic N) is 2. The van der Waals surface area contributed by atoms with Crippen LogP contribution in [0, 0.1) is 5.21 Å². The zero-order valence-electron chi connectivity index (χ0n) is 17.9. The molecule has 1 aromatic heterocycles. The van der Waals surface area contributed by atoms with Gasteiger partial charge < -0.3 is 10.3 Å². The van der Waals surface area contributed by atoms with E-state index in [0.29, 0.717) is 22.6 Å². The number of hydrogen-bond acceptors (Lipinski definition) is 3. The minimum absolute atomic E-state index is 0.200. The lowest BCUT2D eigenvalue weighted by Crippen LogP contribution is -2.38. The highest BCUT2D eigenvalue weighted by Crippen LogP contribution is 2.35. The third-order valence-corrected chi connectivity index (χ3v) is 5.63. The van der Waals surface area contributed by atoms with Crippen molar-refractivity contribution in [2.45, 2.75) is 6.10 Å². The van der Waals surface area contributed by atoms with Crippen molar-refractivity contribution >= 4 is 0 Å². The SMILES string of the molecule is [O-][n+]1c(-c2ccccc2)c(-c2ccccc2)nc(-c2ccccc2)c1C(O)c1ccccc1. The summed E-state index contributed by atoms with van der Waals surface area (Å²) in [5, 5.41) is 25.5. The molecule has 0 saturated carbocycles. The van der Waals surface area contributed by atoms with Crippen molar-refractivity contribution in [3.05, 3.63) is 138 Å². The predicted molar refractivity (Wildman–Crippen MR) is 130 cm³/mol. The third-order valence-electron chi connectivity index (χ3n) is 5.63. The Kier molecular flexibility index (Phi) is 5.66. The summed E-state index contributed by atoms with van der Waals surface area (Å²) in [5.74, 6) is 0. The van der Waals surface area contributed by atoms with E-state index in [1.807, 2.05) is 121 Å². The lowest BCUT2D eigenvalue weighted by Gasteiger charge is -2.20. The average Bonchev–Trinajstić information content (AvgIpc) is 2.90. The van der Waals surface area contributed by atoms with Crippen LogP contribution in [0.5, 0.6) is 0 Å². The first-order chi connectivity index (χ1) is 16.2. The van der Waals surface area contributed by atoms with Gasteiger partial charge in [-0.2, -0.15) is 4.73 Å². The van der Waals surface area contributed by atoms with Crippen molar-refractivity contribution in [3.63, 3.8) is 0 Å². The number of aromatic nitrogens is 2. The predicted octanol–water partition coefficient (Wildman–Crippen LogP) is 5.80. The first-order valence-corrected chi connectivity index (χ1v) is 10.8. The Morgan fingerprint density at radius 3 is 1.52 bits per heavy atom. The monoisotopic (exact) mass is 430 g/mol. The molecule has 1 atom stereocenters. The highest BCUT2D eigenvalue weighted by Gasteiger charge is 2.32. The molecule has 0 bridgehead atoms. The molecule has 0 amide bonds. The first kappa shape index (κ1) is 20.6. The molecule has 0 aliphatic carbocycles.